The van der Waals surface area contributed by atoms with Gasteiger partial charge in [0, 0.05) is 43.5 Å². The van der Waals surface area contributed by atoms with Crippen LogP contribution in [0.1, 0.15) is 53.0 Å². The fourth-order valence-corrected chi connectivity index (χ4v) is 4.12. The molecule has 2 aliphatic heterocycles. The maximum Gasteiger partial charge on any atom is 0.254 e. The molecule has 6 heteroatoms. The van der Waals surface area contributed by atoms with E-state index in [1.807, 2.05) is 18.2 Å². The molecule has 0 bridgehead atoms. The Labute approximate surface area is 159 Å². The molecule has 0 spiro atoms. The first kappa shape index (κ1) is 16.8. The topological polar surface area (TPSA) is 67.3 Å². The van der Waals surface area contributed by atoms with Crippen molar-refractivity contribution in [1.29, 1.82) is 0 Å². The molecule has 5 rings (SSSR count). The van der Waals surface area contributed by atoms with Crippen molar-refractivity contribution in [3.8, 4) is 0 Å². The lowest BCUT2D eigenvalue weighted by Crippen LogP contribution is -2.43. The molecule has 3 heterocycles. The summed E-state index contributed by atoms with van der Waals surface area (Å²) in [6.07, 6.45) is 6.68. The Hall–Kier alpha value is -2.31. The normalized spacial score (nSPS) is 27.9. The van der Waals surface area contributed by atoms with Gasteiger partial charge in [-0.25, -0.2) is 9.97 Å². The highest BCUT2D eigenvalue weighted by Crippen LogP contribution is 2.37. The van der Waals surface area contributed by atoms with Crippen LogP contribution < -0.4 is 5.32 Å². The van der Waals surface area contributed by atoms with Gasteiger partial charge >= 0.3 is 0 Å². The number of fused-ring (bicyclic) bond motifs is 1. The van der Waals surface area contributed by atoms with E-state index in [-0.39, 0.29) is 18.1 Å². The van der Waals surface area contributed by atoms with Crippen molar-refractivity contribution in [2.24, 2.45) is 0 Å². The van der Waals surface area contributed by atoms with E-state index in [4.69, 9.17) is 4.74 Å². The SMILES string of the molecule is O=C(N[C@@H]1C[C@H]2CO[C@@H](c3ccccc3)CN2C1)c1cnc(C2CC2)nc1. The second kappa shape index (κ2) is 7.02. The Morgan fingerprint density at radius 1 is 1.11 bits per heavy atom. The molecule has 1 saturated carbocycles. The Kier molecular flexibility index (Phi) is 4.38. The number of ether oxygens (including phenoxy) is 1. The summed E-state index contributed by atoms with van der Waals surface area (Å²) >= 11 is 0. The van der Waals surface area contributed by atoms with Crippen LogP contribution in [0.2, 0.25) is 0 Å². The van der Waals surface area contributed by atoms with Crippen molar-refractivity contribution in [3.05, 3.63) is 59.7 Å². The zero-order chi connectivity index (χ0) is 18.2. The summed E-state index contributed by atoms with van der Waals surface area (Å²) in [6, 6.07) is 10.9. The fraction of sp³-hybridized carbons (Fsp3) is 0.476. The van der Waals surface area contributed by atoms with Crippen molar-refractivity contribution in [3.63, 3.8) is 0 Å². The van der Waals surface area contributed by atoms with Crippen LogP contribution in [0.3, 0.4) is 0 Å². The first-order valence-corrected chi connectivity index (χ1v) is 9.79. The number of amides is 1. The molecule has 3 atom stereocenters. The molecule has 1 aromatic carbocycles. The second-order valence-corrected chi connectivity index (χ2v) is 7.85. The molecule has 2 saturated heterocycles. The molecule has 1 amide bonds. The highest BCUT2D eigenvalue weighted by Gasteiger charge is 2.38. The van der Waals surface area contributed by atoms with Gasteiger partial charge in [0.15, 0.2) is 0 Å². The number of morpholine rings is 1. The first-order chi connectivity index (χ1) is 13.3. The minimum Gasteiger partial charge on any atom is -0.371 e. The molecule has 0 unspecified atom stereocenters. The Bertz CT molecular complexity index is 807. The van der Waals surface area contributed by atoms with Gasteiger partial charge in [-0.1, -0.05) is 30.3 Å². The van der Waals surface area contributed by atoms with Crippen LogP contribution in [-0.2, 0) is 4.74 Å². The number of benzene rings is 1. The maximum atomic E-state index is 12.5. The molecule has 1 aliphatic carbocycles. The van der Waals surface area contributed by atoms with E-state index in [2.05, 4.69) is 32.3 Å². The third-order valence-electron chi connectivity index (χ3n) is 5.80. The van der Waals surface area contributed by atoms with Crippen molar-refractivity contribution < 1.29 is 9.53 Å². The lowest BCUT2D eigenvalue weighted by Gasteiger charge is -2.35. The largest absolute Gasteiger partial charge is 0.371 e. The number of rotatable bonds is 4. The summed E-state index contributed by atoms with van der Waals surface area (Å²) in [6.45, 7) is 2.45. The van der Waals surface area contributed by atoms with Crippen LogP contribution in [0.15, 0.2) is 42.7 Å². The lowest BCUT2D eigenvalue weighted by molar-refractivity contribution is -0.0502. The predicted molar refractivity (Wildman–Crippen MR) is 100 cm³/mol. The van der Waals surface area contributed by atoms with Gasteiger partial charge in [-0.3, -0.25) is 9.69 Å². The van der Waals surface area contributed by atoms with Crippen LogP contribution in [-0.4, -0.2) is 52.6 Å². The molecule has 3 aliphatic rings. The molecular weight excluding hydrogens is 340 g/mol. The summed E-state index contributed by atoms with van der Waals surface area (Å²) in [5.41, 5.74) is 1.76. The Morgan fingerprint density at radius 2 is 1.89 bits per heavy atom. The van der Waals surface area contributed by atoms with E-state index in [9.17, 15) is 4.79 Å². The van der Waals surface area contributed by atoms with Crippen molar-refractivity contribution in [1.82, 2.24) is 20.2 Å². The van der Waals surface area contributed by atoms with Gasteiger partial charge in [-0.05, 0) is 24.8 Å². The molecule has 0 radical (unpaired) electrons. The number of nitrogens with one attached hydrogen (secondary N) is 1. The highest BCUT2D eigenvalue weighted by molar-refractivity contribution is 5.93. The van der Waals surface area contributed by atoms with E-state index >= 15 is 0 Å². The minimum atomic E-state index is -0.0808. The van der Waals surface area contributed by atoms with E-state index < -0.39 is 0 Å². The number of carbonyl (C=O) groups excluding carboxylic acids is 1. The number of nitrogens with zero attached hydrogens (tertiary/aromatic N) is 3. The van der Waals surface area contributed by atoms with Gasteiger partial charge in [0.05, 0.1) is 18.3 Å². The summed E-state index contributed by atoms with van der Waals surface area (Å²) in [5, 5.41) is 3.15. The first-order valence-electron chi connectivity index (χ1n) is 9.79. The lowest BCUT2D eigenvalue weighted by atomic mass is 10.1. The Morgan fingerprint density at radius 3 is 2.63 bits per heavy atom. The zero-order valence-corrected chi connectivity index (χ0v) is 15.3. The molecule has 2 aromatic rings. The summed E-state index contributed by atoms with van der Waals surface area (Å²) in [7, 11) is 0. The van der Waals surface area contributed by atoms with Crippen LogP contribution in [0, 0.1) is 0 Å². The summed E-state index contributed by atoms with van der Waals surface area (Å²) in [5.74, 6) is 1.29. The molecule has 140 valence electrons. The number of aromatic nitrogens is 2. The fourth-order valence-electron chi connectivity index (χ4n) is 4.12. The van der Waals surface area contributed by atoms with Gasteiger partial charge in [-0.2, -0.15) is 0 Å². The third kappa shape index (κ3) is 3.59. The number of carbonyl (C=O) groups is 1. The van der Waals surface area contributed by atoms with Crippen molar-refractivity contribution in [2.75, 3.05) is 19.7 Å². The second-order valence-electron chi connectivity index (χ2n) is 7.85. The zero-order valence-electron chi connectivity index (χ0n) is 15.3. The monoisotopic (exact) mass is 364 g/mol. The van der Waals surface area contributed by atoms with Gasteiger partial charge in [0.2, 0.25) is 0 Å². The molecule has 3 fully saturated rings. The minimum absolute atomic E-state index is 0.0808. The number of hydrogen-bond donors (Lipinski definition) is 1. The van der Waals surface area contributed by atoms with Crippen molar-refractivity contribution >= 4 is 5.91 Å². The van der Waals surface area contributed by atoms with Gasteiger partial charge in [0.25, 0.3) is 5.91 Å². The molecule has 27 heavy (non-hydrogen) atoms. The van der Waals surface area contributed by atoms with Crippen LogP contribution in [0.25, 0.3) is 0 Å². The van der Waals surface area contributed by atoms with Crippen LogP contribution >= 0.6 is 0 Å². The summed E-state index contributed by atoms with van der Waals surface area (Å²) < 4.78 is 6.08. The molecule has 1 aromatic heterocycles. The van der Waals surface area contributed by atoms with Gasteiger partial charge in [0.1, 0.15) is 5.82 Å². The predicted octanol–water partition coefficient (Wildman–Crippen LogP) is 2.30. The molecule has 6 nitrogen and oxygen atoms in total. The average Bonchev–Trinajstić information content (AvgIpc) is 3.48. The highest BCUT2D eigenvalue weighted by atomic mass is 16.5. The van der Waals surface area contributed by atoms with Crippen molar-refractivity contribution in [2.45, 2.75) is 43.4 Å². The van der Waals surface area contributed by atoms with E-state index in [1.54, 1.807) is 12.4 Å². The average molecular weight is 364 g/mol. The van der Waals surface area contributed by atoms with Gasteiger partial charge in [-0.15, -0.1) is 0 Å². The summed E-state index contributed by atoms with van der Waals surface area (Å²) in [4.78, 5) is 23.7. The smallest absolute Gasteiger partial charge is 0.254 e. The van der Waals surface area contributed by atoms with Crippen LogP contribution in [0.5, 0.6) is 0 Å². The van der Waals surface area contributed by atoms with E-state index in [0.717, 1.165) is 38.2 Å². The molecular formula is C21H24N4O2. The quantitative estimate of drug-likeness (QED) is 0.902. The molecule has 1 N–H and O–H groups in total. The third-order valence-corrected chi connectivity index (χ3v) is 5.80. The van der Waals surface area contributed by atoms with Gasteiger partial charge < -0.3 is 10.1 Å². The Balaban J connectivity index is 1.19. The standard InChI is InChI=1S/C21H24N4O2/c26-21(16-9-22-20(23-10-16)15-6-7-15)24-17-8-18-13-27-19(12-25(18)11-17)14-4-2-1-3-5-14/h1-5,9-10,15,17-19H,6-8,11-13H2,(H,24,26)/t17-,18+,19-/m1/s1. The van der Waals surface area contributed by atoms with Crippen LogP contribution in [0.4, 0.5) is 0 Å². The van der Waals surface area contributed by atoms with E-state index in [1.165, 1.54) is 5.56 Å². The van der Waals surface area contributed by atoms with E-state index in [0.29, 0.717) is 24.1 Å². The maximum absolute atomic E-state index is 12.5. The number of hydrogen-bond acceptors (Lipinski definition) is 5.